The highest BCUT2D eigenvalue weighted by Crippen LogP contribution is 2.29. The fourth-order valence-corrected chi connectivity index (χ4v) is 3.54. The van der Waals surface area contributed by atoms with Gasteiger partial charge in [0.2, 0.25) is 5.91 Å². The molecule has 1 atom stereocenters. The second kappa shape index (κ2) is 6.95. The molecule has 0 radical (unpaired) electrons. The summed E-state index contributed by atoms with van der Waals surface area (Å²) in [6.07, 6.45) is 2.55. The van der Waals surface area contributed by atoms with Gasteiger partial charge >= 0.3 is 0 Å². The fourth-order valence-electron chi connectivity index (χ4n) is 3.54. The molecule has 2 aliphatic heterocycles. The van der Waals surface area contributed by atoms with Gasteiger partial charge in [0.25, 0.3) is 5.92 Å². The topological polar surface area (TPSA) is 23.6 Å². The van der Waals surface area contributed by atoms with Crippen LogP contribution in [0.3, 0.4) is 0 Å². The second-order valence-corrected chi connectivity index (χ2v) is 6.65. The van der Waals surface area contributed by atoms with Gasteiger partial charge in [0, 0.05) is 32.5 Å². The van der Waals surface area contributed by atoms with Gasteiger partial charge in [-0.05, 0) is 24.9 Å². The van der Waals surface area contributed by atoms with E-state index in [1.165, 1.54) is 5.56 Å². The molecule has 1 amide bonds. The lowest BCUT2D eigenvalue weighted by Crippen LogP contribution is -2.53. The molecule has 0 N–H and O–H groups in total. The van der Waals surface area contributed by atoms with E-state index >= 15 is 0 Å². The molecular weight excluding hydrogens is 298 g/mol. The van der Waals surface area contributed by atoms with Crippen molar-refractivity contribution < 1.29 is 13.6 Å². The zero-order valence-corrected chi connectivity index (χ0v) is 13.4. The average molecular weight is 322 g/mol. The summed E-state index contributed by atoms with van der Waals surface area (Å²) in [7, 11) is 0. The van der Waals surface area contributed by atoms with E-state index in [9.17, 15) is 13.6 Å². The van der Waals surface area contributed by atoms with Gasteiger partial charge in [-0.25, -0.2) is 8.78 Å². The molecule has 126 valence electrons. The Balaban J connectivity index is 1.65. The summed E-state index contributed by atoms with van der Waals surface area (Å²) in [6, 6.07) is 9.97. The Morgan fingerprint density at radius 1 is 1.09 bits per heavy atom. The number of benzene rings is 1. The summed E-state index contributed by atoms with van der Waals surface area (Å²) < 4.78 is 26.6. The molecule has 2 fully saturated rings. The lowest BCUT2D eigenvalue weighted by molar-refractivity contribution is -0.144. The summed E-state index contributed by atoms with van der Waals surface area (Å²) in [4.78, 5) is 16.7. The first-order valence-electron chi connectivity index (χ1n) is 8.50. The van der Waals surface area contributed by atoms with Crippen molar-refractivity contribution in [1.29, 1.82) is 0 Å². The summed E-state index contributed by atoms with van der Waals surface area (Å²) >= 11 is 0. The van der Waals surface area contributed by atoms with E-state index in [0.717, 1.165) is 32.4 Å². The third kappa shape index (κ3) is 4.08. The van der Waals surface area contributed by atoms with Gasteiger partial charge in [-0.3, -0.25) is 9.69 Å². The van der Waals surface area contributed by atoms with E-state index in [0.29, 0.717) is 0 Å². The maximum Gasteiger partial charge on any atom is 0.251 e. The number of carbonyl (C=O) groups excluding carboxylic acids is 1. The van der Waals surface area contributed by atoms with Crippen LogP contribution in [-0.2, 0) is 11.3 Å². The normalized spacial score (nSPS) is 25.3. The predicted octanol–water partition coefficient (Wildman–Crippen LogP) is 3.30. The van der Waals surface area contributed by atoms with Gasteiger partial charge < -0.3 is 4.90 Å². The molecule has 0 bridgehead atoms. The van der Waals surface area contributed by atoms with Crippen LogP contribution in [0.4, 0.5) is 8.78 Å². The lowest BCUT2D eigenvalue weighted by Gasteiger charge is -2.40. The molecule has 0 unspecified atom stereocenters. The van der Waals surface area contributed by atoms with Crippen LogP contribution in [0.5, 0.6) is 0 Å². The van der Waals surface area contributed by atoms with Crippen LogP contribution in [0.1, 0.15) is 37.7 Å². The minimum Gasteiger partial charge on any atom is -0.341 e. The van der Waals surface area contributed by atoms with E-state index in [-0.39, 0.29) is 37.9 Å². The Kier molecular flexibility index (Phi) is 4.95. The molecule has 2 heterocycles. The van der Waals surface area contributed by atoms with Crippen molar-refractivity contribution in [3.8, 4) is 0 Å². The molecule has 0 saturated carbocycles. The SMILES string of the molecule is O=C([C@H]1CCCCN1Cc1ccccc1)N1CCC(F)(F)CC1. The van der Waals surface area contributed by atoms with Gasteiger partial charge in [-0.2, -0.15) is 0 Å². The molecule has 5 heteroatoms. The van der Waals surface area contributed by atoms with Crippen LogP contribution in [0.25, 0.3) is 0 Å². The molecule has 23 heavy (non-hydrogen) atoms. The largest absolute Gasteiger partial charge is 0.341 e. The van der Waals surface area contributed by atoms with Crippen LogP contribution < -0.4 is 0 Å². The molecule has 0 spiro atoms. The number of hydrogen-bond acceptors (Lipinski definition) is 2. The number of carbonyl (C=O) groups is 1. The number of amides is 1. The minimum absolute atomic E-state index is 0.0381. The third-order valence-corrected chi connectivity index (χ3v) is 4.93. The molecule has 1 aromatic rings. The maximum absolute atomic E-state index is 13.3. The van der Waals surface area contributed by atoms with Crippen LogP contribution >= 0.6 is 0 Å². The van der Waals surface area contributed by atoms with Gasteiger partial charge in [0.15, 0.2) is 0 Å². The Labute approximate surface area is 136 Å². The van der Waals surface area contributed by atoms with E-state index in [1.54, 1.807) is 4.90 Å². The number of hydrogen-bond donors (Lipinski definition) is 0. The molecule has 1 aromatic carbocycles. The number of rotatable bonds is 3. The highest BCUT2D eigenvalue weighted by Gasteiger charge is 2.39. The van der Waals surface area contributed by atoms with E-state index in [2.05, 4.69) is 17.0 Å². The van der Waals surface area contributed by atoms with Crippen molar-refractivity contribution in [3.05, 3.63) is 35.9 Å². The molecule has 3 rings (SSSR count). The number of nitrogens with zero attached hydrogens (tertiary/aromatic N) is 2. The Hall–Kier alpha value is -1.49. The van der Waals surface area contributed by atoms with Gasteiger partial charge in [0.1, 0.15) is 0 Å². The van der Waals surface area contributed by atoms with Gasteiger partial charge in [0.05, 0.1) is 6.04 Å². The van der Waals surface area contributed by atoms with Crippen molar-refractivity contribution in [1.82, 2.24) is 9.80 Å². The highest BCUT2D eigenvalue weighted by atomic mass is 19.3. The van der Waals surface area contributed by atoms with E-state index < -0.39 is 5.92 Å². The average Bonchev–Trinajstić information content (AvgIpc) is 2.56. The third-order valence-electron chi connectivity index (χ3n) is 4.93. The van der Waals surface area contributed by atoms with Crippen LogP contribution in [0.2, 0.25) is 0 Å². The van der Waals surface area contributed by atoms with E-state index in [1.807, 2.05) is 18.2 Å². The molecule has 2 aliphatic rings. The van der Waals surface area contributed by atoms with Crippen molar-refractivity contribution >= 4 is 5.91 Å². The standard InChI is InChI=1S/C18H24F2N2O/c19-18(20)9-12-21(13-10-18)17(23)16-8-4-5-11-22(16)14-15-6-2-1-3-7-15/h1-3,6-7,16H,4-5,8-14H2/t16-/m1/s1. The summed E-state index contributed by atoms with van der Waals surface area (Å²) in [5, 5.41) is 0. The minimum atomic E-state index is -2.60. The monoisotopic (exact) mass is 322 g/mol. The predicted molar refractivity (Wildman–Crippen MR) is 85.3 cm³/mol. The zero-order chi connectivity index (χ0) is 16.3. The Bertz CT molecular complexity index is 525. The number of piperidine rings is 2. The number of likely N-dealkylation sites (tertiary alicyclic amines) is 2. The number of halogens is 2. The first-order chi connectivity index (χ1) is 11.1. The van der Waals surface area contributed by atoms with Crippen molar-refractivity contribution in [2.75, 3.05) is 19.6 Å². The first-order valence-corrected chi connectivity index (χ1v) is 8.50. The van der Waals surface area contributed by atoms with Gasteiger partial charge in [-0.1, -0.05) is 36.8 Å². The van der Waals surface area contributed by atoms with Crippen molar-refractivity contribution in [3.63, 3.8) is 0 Å². The van der Waals surface area contributed by atoms with Crippen molar-refractivity contribution in [2.45, 2.75) is 50.6 Å². The lowest BCUT2D eigenvalue weighted by atomic mass is 9.98. The van der Waals surface area contributed by atoms with E-state index in [4.69, 9.17) is 0 Å². The second-order valence-electron chi connectivity index (χ2n) is 6.65. The highest BCUT2D eigenvalue weighted by molar-refractivity contribution is 5.82. The quantitative estimate of drug-likeness (QED) is 0.852. The Morgan fingerprint density at radius 2 is 1.78 bits per heavy atom. The first kappa shape index (κ1) is 16.4. The fraction of sp³-hybridized carbons (Fsp3) is 0.611. The van der Waals surface area contributed by atoms with Crippen LogP contribution in [-0.4, -0.2) is 47.3 Å². The molecule has 2 saturated heterocycles. The Morgan fingerprint density at radius 3 is 2.48 bits per heavy atom. The summed E-state index contributed by atoms with van der Waals surface area (Å²) in [6.45, 7) is 2.01. The number of alkyl halides is 2. The van der Waals surface area contributed by atoms with Crippen LogP contribution in [0, 0.1) is 0 Å². The summed E-state index contributed by atoms with van der Waals surface area (Å²) in [5.74, 6) is -2.57. The smallest absolute Gasteiger partial charge is 0.251 e. The van der Waals surface area contributed by atoms with Crippen LogP contribution in [0.15, 0.2) is 30.3 Å². The molecule has 0 aromatic heterocycles. The van der Waals surface area contributed by atoms with Gasteiger partial charge in [-0.15, -0.1) is 0 Å². The van der Waals surface area contributed by atoms with Crippen molar-refractivity contribution in [2.24, 2.45) is 0 Å². The summed E-state index contributed by atoms with van der Waals surface area (Å²) in [5.41, 5.74) is 1.19. The maximum atomic E-state index is 13.3. The molecule has 0 aliphatic carbocycles. The molecular formula is C18H24F2N2O. The zero-order valence-electron chi connectivity index (χ0n) is 13.4. The molecule has 3 nitrogen and oxygen atoms in total.